The first-order valence-electron chi connectivity index (χ1n) is 16.7. The zero-order chi connectivity index (χ0) is 31.8. The Morgan fingerprint density at radius 3 is 1.82 bits per heavy atom. The van der Waals surface area contributed by atoms with Crippen molar-refractivity contribution in [3.05, 3.63) is 152 Å². The number of rotatable bonds is 2. The van der Waals surface area contributed by atoms with Crippen LogP contribution in [-0.4, -0.2) is 23.5 Å². The summed E-state index contributed by atoms with van der Waals surface area (Å²) in [6.07, 6.45) is 5.82. The molecule has 0 saturated heterocycles. The van der Waals surface area contributed by atoms with Crippen LogP contribution in [-0.2, 0) is 0 Å². The minimum atomic E-state index is 0.890. The molecule has 6 aromatic heterocycles. The van der Waals surface area contributed by atoms with Crippen LogP contribution in [0.1, 0.15) is 0 Å². The van der Waals surface area contributed by atoms with Gasteiger partial charge in [-0.15, -0.1) is 0 Å². The van der Waals surface area contributed by atoms with Crippen molar-refractivity contribution in [2.24, 2.45) is 0 Å². The predicted molar refractivity (Wildman–Crippen MR) is 203 cm³/mol. The van der Waals surface area contributed by atoms with E-state index in [1.807, 2.05) is 18.6 Å². The molecule has 0 radical (unpaired) electrons. The molecule has 12 aromatic rings. The monoisotopic (exact) mass is 623 g/mol. The topological polar surface area (TPSA) is 40.0 Å². The highest BCUT2D eigenvalue weighted by Crippen LogP contribution is 2.47. The van der Waals surface area contributed by atoms with Crippen LogP contribution in [0.3, 0.4) is 0 Å². The quantitative estimate of drug-likeness (QED) is 0.192. The first-order valence-corrected chi connectivity index (χ1v) is 16.7. The highest BCUT2D eigenvalue weighted by molar-refractivity contribution is 6.34. The van der Waals surface area contributed by atoms with Crippen LogP contribution < -0.4 is 0 Å². The number of hydrogen-bond acceptors (Lipinski definition) is 2. The van der Waals surface area contributed by atoms with Crippen molar-refractivity contribution < 1.29 is 0 Å². The van der Waals surface area contributed by atoms with Crippen molar-refractivity contribution in [1.29, 1.82) is 0 Å². The Morgan fingerprint density at radius 1 is 0.408 bits per heavy atom. The summed E-state index contributed by atoms with van der Waals surface area (Å²) in [6, 6.07) is 48.4. The van der Waals surface area contributed by atoms with Gasteiger partial charge in [0, 0.05) is 49.3 Å². The van der Waals surface area contributed by atoms with Gasteiger partial charge < -0.3 is 8.97 Å². The number of aromatic nitrogens is 5. The van der Waals surface area contributed by atoms with Gasteiger partial charge in [-0.1, -0.05) is 78.9 Å². The molecule has 0 unspecified atom stereocenters. The standard InChI is InChI=1S/C44H25N5/c1-2-10-27-22-39-35(21-26(27)9-1)42-43-33(30-12-4-7-15-37(30)48(39)43)23-34-31-13-5-8-16-38(31)49(44(34)42)41-18-17-28(24-46-41)47-36-14-6-3-11-29(36)32-19-20-45-25-40(32)47/h1-25H. The van der Waals surface area contributed by atoms with Crippen LogP contribution in [0.2, 0.25) is 0 Å². The second-order valence-corrected chi connectivity index (χ2v) is 13.1. The number of hydrogen-bond donors (Lipinski definition) is 0. The molecule has 0 aliphatic heterocycles. The SMILES string of the molecule is c1ccc2cc3c(cc2c1)c1c2c(cc4c5ccccc5n3c41)c1ccccc1n2-c1ccc(-n2c3ccccc3c3ccncc32)cn1. The third-order valence-corrected chi connectivity index (χ3v) is 10.7. The summed E-state index contributed by atoms with van der Waals surface area (Å²) in [7, 11) is 0. The number of fused-ring (bicyclic) bond motifs is 14. The molecule has 0 N–H and O–H groups in total. The molecule has 0 spiro atoms. The summed E-state index contributed by atoms with van der Waals surface area (Å²) in [5.74, 6) is 0.890. The average Bonchev–Trinajstić information content (AvgIpc) is 3.88. The van der Waals surface area contributed by atoms with Crippen molar-refractivity contribution >= 4 is 92.5 Å². The molecule has 226 valence electrons. The van der Waals surface area contributed by atoms with Gasteiger partial charge in [0.05, 0.1) is 56.7 Å². The fourth-order valence-corrected chi connectivity index (χ4v) is 8.67. The smallest absolute Gasteiger partial charge is 0.137 e. The lowest BCUT2D eigenvalue weighted by molar-refractivity contribution is 1.05. The van der Waals surface area contributed by atoms with Crippen LogP contribution in [0.4, 0.5) is 0 Å². The molecule has 49 heavy (non-hydrogen) atoms. The molecule has 0 saturated carbocycles. The lowest BCUT2D eigenvalue weighted by Gasteiger charge is -2.11. The van der Waals surface area contributed by atoms with Crippen molar-refractivity contribution in [3.8, 4) is 11.5 Å². The Bertz CT molecular complexity index is 3270. The Hall–Kier alpha value is -6.72. The first-order chi connectivity index (χ1) is 24.3. The number of pyridine rings is 2. The normalized spacial score (nSPS) is 12.5. The molecule has 6 aromatic carbocycles. The van der Waals surface area contributed by atoms with Gasteiger partial charge in [0.25, 0.3) is 0 Å². The second-order valence-electron chi connectivity index (χ2n) is 13.1. The van der Waals surface area contributed by atoms with Gasteiger partial charge in [0.1, 0.15) is 5.82 Å². The van der Waals surface area contributed by atoms with Gasteiger partial charge in [-0.25, -0.2) is 4.98 Å². The maximum atomic E-state index is 5.23. The van der Waals surface area contributed by atoms with E-state index >= 15 is 0 Å². The molecular weight excluding hydrogens is 599 g/mol. The van der Waals surface area contributed by atoms with E-state index in [0.29, 0.717) is 0 Å². The molecule has 0 aliphatic rings. The summed E-state index contributed by atoms with van der Waals surface area (Å²) in [4.78, 5) is 9.70. The van der Waals surface area contributed by atoms with Crippen molar-refractivity contribution in [3.63, 3.8) is 0 Å². The Morgan fingerprint density at radius 2 is 1.04 bits per heavy atom. The largest absolute Gasteiger partial charge is 0.308 e. The lowest BCUT2D eigenvalue weighted by Crippen LogP contribution is -2.00. The number of benzene rings is 6. The summed E-state index contributed by atoms with van der Waals surface area (Å²) in [5, 5.41) is 12.4. The van der Waals surface area contributed by atoms with Crippen molar-refractivity contribution in [2.75, 3.05) is 0 Å². The van der Waals surface area contributed by atoms with Gasteiger partial charge in [0.2, 0.25) is 0 Å². The van der Waals surface area contributed by atoms with E-state index in [4.69, 9.17) is 4.98 Å². The molecule has 0 atom stereocenters. The van der Waals surface area contributed by atoms with E-state index in [0.717, 1.165) is 28.1 Å². The summed E-state index contributed by atoms with van der Waals surface area (Å²) in [5.41, 5.74) is 9.28. The lowest BCUT2D eigenvalue weighted by atomic mass is 10.0. The zero-order valence-corrected chi connectivity index (χ0v) is 26.2. The zero-order valence-electron chi connectivity index (χ0n) is 26.2. The van der Waals surface area contributed by atoms with Crippen molar-refractivity contribution in [2.45, 2.75) is 0 Å². The van der Waals surface area contributed by atoms with Gasteiger partial charge >= 0.3 is 0 Å². The minimum absolute atomic E-state index is 0.890. The van der Waals surface area contributed by atoms with Crippen LogP contribution in [0.15, 0.2) is 152 Å². The first kappa shape index (κ1) is 25.4. The van der Waals surface area contributed by atoms with E-state index in [1.54, 1.807) is 0 Å². The third-order valence-electron chi connectivity index (χ3n) is 10.7. The third kappa shape index (κ3) is 3.15. The fraction of sp³-hybridized carbons (Fsp3) is 0. The maximum Gasteiger partial charge on any atom is 0.137 e. The predicted octanol–water partition coefficient (Wildman–Crippen LogP) is 11.0. The van der Waals surface area contributed by atoms with Crippen LogP contribution in [0, 0.1) is 0 Å². The van der Waals surface area contributed by atoms with Gasteiger partial charge in [0.15, 0.2) is 0 Å². The van der Waals surface area contributed by atoms with Gasteiger partial charge in [-0.05, 0) is 65.4 Å². The molecule has 5 nitrogen and oxygen atoms in total. The van der Waals surface area contributed by atoms with E-state index in [-0.39, 0.29) is 0 Å². The van der Waals surface area contributed by atoms with Crippen molar-refractivity contribution in [1.82, 2.24) is 23.5 Å². The summed E-state index contributed by atoms with van der Waals surface area (Å²) >= 11 is 0. The van der Waals surface area contributed by atoms with E-state index in [1.165, 1.54) is 75.9 Å². The van der Waals surface area contributed by atoms with Crippen LogP contribution >= 0.6 is 0 Å². The van der Waals surface area contributed by atoms with Gasteiger partial charge in [-0.3, -0.25) is 9.55 Å². The van der Waals surface area contributed by atoms with Gasteiger partial charge in [-0.2, -0.15) is 0 Å². The van der Waals surface area contributed by atoms with E-state index < -0.39 is 0 Å². The van der Waals surface area contributed by atoms with Crippen LogP contribution in [0.25, 0.3) is 104 Å². The highest BCUT2D eigenvalue weighted by atomic mass is 15.1. The average molecular weight is 624 g/mol. The maximum absolute atomic E-state index is 5.23. The highest BCUT2D eigenvalue weighted by Gasteiger charge is 2.25. The minimum Gasteiger partial charge on any atom is -0.308 e. The van der Waals surface area contributed by atoms with E-state index in [2.05, 4.69) is 152 Å². The summed E-state index contributed by atoms with van der Waals surface area (Å²) < 4.78 is 7.13. The van der Waals surface area contributed by atoms with Crippen LogP contribution in [0.5, 0.6) is 0 Å². The molecule has 0 amide bonds. The Balaban J connectivity index is 1.22. The Labute approximate surface area is 278 Å². The number of nitrogens with zero attached hydrogens (tertiary/aromatic N) is 5. The molecule has 0 bridgehead atoms. The molecule has 6 heterocycles. The summed E-state index contributed by atoms with van der Waals surface area (Å²) in [6.45, 7) is 0. The number of para-hydroxylation sites is 3. The molecule has 0 aliphatic carbocycles. The molecule has 0 fully saturated rings. The molecule has 12 rings (SSSR count). The fourth-order valence-electron chi connectivity index (χ4n) is 8.67. The Kier molecular flexibility index (Phi) is 4.66. The van der Waals surface area contributed by atoms with E-state index in [9.17, 15) is 0 Å². The molecule has 5 heteroatoms. The second kappa shape index (κ2) is 9.00. The molecular formula is C44H25N5.